The lowest BCUT2D eigenvalue weighted by Crippen LogP contribution is -2.38. The van der Waals surface area contributed by atoms with Crippen LogP contribution in [0.1, 0.15) is 24.1 Å². The zero-order chi connectivity index (χ0) is 16.5. The van der Waals surface area contributed by atoms with Crippen molar-refractivity contribution in [2.45, 2.75) is 19.0 Å². The summed E-state index contributed by atoms with van der Waals surface area (Å²) in [7, 11) is 0. The molecule has 6 heteroatoms. The summed E-state index contributed by atoms with van der Waals surface area (Å²) in [5, 5.41) is 28.9. The molecule has 94 valence electrons. The summed E-state index contributed by atoms with van der Waals surface area (Å²) in [6, 6.07) is -4.73. The summed E-state index contributed by atoms with van der Waals surface area (Å²) in [6.07, 6.45) is -2.98. The zero-order valence-corrected chi connectivity index (χ0v) is 9.02. The Kier molecular flexibility index (Phi) is 2.70. The molecule has 0 aromatic heterocycles. The van der Waals surface area contributed by atoms with Crippen LogP contribution in [-0.2, 0) is 9.53 Å². The maximum Gasteiger partial charge on any atom is 0.325 e. The fraction of sp³-hybridized carbons (Fsp3) is 0.364. The van der Waals surface area contributed by atoms with Crippen LogP contribution in [-0.4, -0.2) is 33.9 Å². The van der Waals surface area contributed by atoms with Crippen molar-refractivity contribution < 1.29 is 30.3 Å². The fourth-order valence-electron chi connectivity index (χ4n) is 1.02. The van der Waals surface area contributed by atoms with Crippen LogP contribution in [0.15, 0.2) is 18.1 Å². The van der Waals surface area contributed by atoms with Gasteiger partial charge < -0.3 is 25.8 Å². The first-order valence-corrected chi connectivity index (χ1v) is 4.74. The molecule has 0 spiro atoms. The van der Waals surface area contributed by atoms with Crippen LogP contribution in [0.3, 0.4) is 0 Å². The van der Waals surface area contributed by atoms with Gasteiger partial charge in [-0.15, -0.1) is 0 Å². The van der Waals surface area contributed by atoms with Crippen LogP contribution in [0.5, 0.6) is 11.5 Å². The van der Waals surface area contributed by atoms with Gasteiger partial charge in [-0.05, 0) is 24.6 Å². The lowest BCUT2D eigenvalue weighted by Gasteiger charge is -2.17. The van der Waals surface area contributed by atoms with Gasteiger partial charge in [0.05, 0.1) is 12.1 Å². The Morgan fingerprint density at radius 1 is 1.59 bits per heavy atom. The van der Waals surface area contributed by atoms with E-state index >= 15 is 0 Å². The molecule has 6 nitrogen and oxygen atoms in total. The molecule has 0 amide bonds. The van der Waals surface area contributed by atoms with E-state index in [0.717, 1.165) is 0 Å². The molecule has 1 rings (SSSR count). The van der Waals surface area contributed by atoms with Crippen molar-refractivity contribution in [3.8, 4) is 11.5 Å². The molecule has 0 radical (unpaired) electrons. The molecule has 2 atom stereocenters. The number of aromatic hydroxyl groups is 2. The second-order valence-electron chi connectivity index (χ2n) is 3.06. The van der Waals surface area contributed by atoms with Crippen molar-refractivity contribution in [3.05, 3.63) is 23.7 Å². The second kappa shape index (κ2) is 5.51. The average Bonchev–Trinajstić information content (AvgIpc) is 2.42. The Balaban J connectivity index is 3.48. The smallest absolute Gasteiger partial charge is 0.325 e. The average molecular weight is 245 g/mol. The topological polar surface area (TPSA) is 113 Å². The molecule has 1 aromatic carbocycles. The van der Waals surface area contributed by atoms with E-state index in [9.17, 15) is 20.1 Å². The third-order valence-electron chi connectivity index (χ3n) is 1.86. The Morgan fingerprint density at radius 2 is 2.24 bits per heavy atom. The number of esters is 1. The summed E-state index contributed by atoms with van der Waals surface area (Å²) < 4.78 is 34.9. The van der Waals surface area contributed by atoms with Gasteiger partial charge in [-0.25, -0.2) is 0 Å². The molecular formula is C11H15NO5. The third kappa shape index (κ3) is 3.08. The molecule has 17 heavy (non-hydrogen) atoms. The Morgan fingerprint density at radius 3 is 2.82 bits per heavy atom. The molecule has 0 saturated heterocycles. The van der Waals surface area contributed by atoms with Crippen molar-refractivity contribution in [2.75, 3.05) is 6.61 Å². The third-order valence-corrected chi connectivity index (χ3v) is 1.86. The molecule has 1 aromatic rings. The van der Waals surface area contributed by atoms with E-state index in [2.05, 4.69) is 4.74 Å². The van der Waals surface area contributed by atoms with Crippen LogP contribution in [0, 0.1) is 0 Å². The van der Waals surface area contributed by atoms with Crippen molar-refractivity contribution in [1.82, 2.24) is 0 Å². The molecule has 0 heterocycles. The van der Waals surface area contributed by atoms with Gasteiger partial charge in [-0.1, -0.05) is 6.04 Å². The lowest BCUT2D eigenvalue weighted by molar-refractivity contribution is -0.147. The van der Waals surface area contributed by atoms with Gasteiger partial charge in [-0.3, -0.25) is 4.79 Å². The first kappa shape index (κ1) is 8.32. The quantitative estimate of drug-likeness (QED) is 0.439. The van der Waals surface area contributed by atoms with E-state index in [1.54, 1.807) is 0 Å². The van der Waals surface area contributed by atoms with Crippen molar-refractivity contribution >= 4 is 5.97 Å². The predicted molar refractivity (Wildman–Crippen MR) is 59.3 cm³/mol. The maximum atomic E-state index is 11.5. The summed E-state index contributed by atoms with van der Waals surface area (Å²) in [5.74, 6) is -3.27. The van der Waals surface area contributed by atoms with E-state index in [-0.39, 0.29) is 6.61 Å². The number of aliphatic hydroxyl groups is 1. The summed E-state index contributed by atoms with van der Waals surface area (Å²) in [4.78, 5) is 11.5. The van der Waals surface area contributed by atoms with E-state index < -0.39 is 53.3 Å². The number of carbonyl (C=O) groups excluding carboxylic acids is 1. The number of rotatable bonds is 4. The number of benzene rings is 1. The minimum atomic E-state index is -2.98. The molecule has 5 N–H and O–H groups in total. The van der Waals surface area contributed by atoms with Crippen molar-refractivity contribution in [3.63, 3.8) is 0 Å². The van der Waals surface area contributed by atoms with Gasteiger partial charge in [0, 0.05) is 0 Å². The highest BCUT2D eigenvalue weighted by atomic mass is 16.5. The van der Waals surface area contributed by atoms with E-state index in [4.69, 9.17) is 11.2 Å². The van der Waals surface area contributed by atoms with Gasteiger partial charge in [0.2, 0.25) is 0 Å². The lowest BCUT2D eigenvalue weighted by atomic mass is 10.0. The van der Waals surface area contributed by atoms with Gasteiger partial charge in [0.1, 0.15) is 12.1 Å². The van der Waals surface area contributed by atoms with Crippen LogP contribution < -0.4 is 5.73 Å². The van der Waals surface area contributed by atoms with Crippen molar-refractivity contribution in [1.29, 1.82) is 0 Å². The minimum absolute atomic E-state index is 0.0609. The molecule has 0 aliphatic heterocycles. The van der Waals surface area contributed by atoms with Gasteiger partial charge in [0.25, 0.3) is 0 Å². The van der Waals surface area contributed by atoms with Gasteiger partial charge in [-0.2, -0.15) is 0 Å². The molecule has 2 unspecified atom stereocenters. The molecule has 0 fully saturated rings. The standard InChI is InChI=1S/C11H15NO5/c1-2-17-11(16)9(12)10(15)6-3-4-7(13)8(14)5-6/h3-5,9-10,13-15H,2,12H2,1H3/i3D,4D,5D,10D. The van der Waals surface area contributed by atoms with E-state index in [0.29, 0.717) is 0 Å². The van der Waals surface area contributed by atoms with Crippen LogP contribution in [0.4, 0.5) is 0 Å². The first-order chi connectivity index (χ1) is 9.57. The van der Waals surface area contributed by atoms with Gasteiger partial charge in [0.15, 0.2) is 11.5 Å². The molecule has 0 aliphatic carbocycles. The SMILES string of the molecule is [2H]c1c([2H])c(C([2H])(O)C(N)C(=O)OCC)c([2H])c(O)c1O. The molecule has 0 saturated carbocycles. The van der Waals surface area contributed by atoms with Crippen molar-refractivity contribution in [2.24, 2.45) is 5.73 Å². The number of phenolic OH excluding ortho intramolecular Hbond substituents is 2. The number of hydrogen-bond acceptors (Lipinski definition) is 6. The predicted octanol–water partition coefficient (Wildman–Crippen LogP) is 0.0216. The normalized spacial score (nSPS) is 19.2. The van der Waals surface area contributed by atoms with E-state index in [1.807, 2.05) is 0 Å². The maximum absolute atomic E-state index is 11.5. The first-order valence-electron chi connectivity index (χ1n) is 6.74. The number of carbonyl (C=O) groups is 1. The highest BCUT2D eigenvalue weighted by molar-refractivity contribution is 5.76. The number of ether oxygens (including phenoxy) is 1. The number of phenols is 2. The largest absolute Gasteiger partial charge is 0.504 e. The summed E-state index contributed by atoms with van der Waals surface area (Å²) in [6.45, 7) is 1.42. The second-order valence-corrected chi connectivity index (χ2v) is 3.06. The fourth-order valence-corrected chi connectivity index (χ4v) is 1.02. The summed E-state index contributed by atoms with van der Waals surface area (Å²) in [5.41, 5.74) is 4.53. The van der Waals surface area contributed by atoms with Crippen LogP contribution in [0.25, 0.3) is 0 Å². The van der Waals surface area contributed by atoms with E-state index in [1.165, 1.54) is 6.92 Å². The Labute approximate surface area is 104 Å². The molecule has 0 bridgehead atoms. The molecular weight excluding hydrogens is 226 g/mol. The van der Waals surface area contributed by atoms with Crippen LogP contribution in [0.2, 0.25) is 0 Å². The Bertz CT molecular complexity index is 549. The summed E-state index contributed by atoms with van der Waals surface area (Å²) >= 11 is 0. The Hall–Kier alpha value is -1.79. The van der Waals surface area contributed by atoms with Crippen LogP contribution >= 0.6 is 0 Å². The minimum Gasteiger partial charge on any atom is -0.504 e. The highest BCUT2D eigenvalue weighted by Crippen LogP contribution is 2.28. The number of nitrogens with two attached hydrogens (primary N) is 1. The monoisotopic (exact) mass is 245 g/mol. The highest BCUT2D eigenvalue weighted by Gasteiger charge is 2.25. The number of hydrogen-bond donors (Lipinski definition) is 4. The van der Waals surface area contributed by atoms with Gasteiger partial charge >= 0.3 is 5.97 Å². The molecule has 0 aliphatic rings. The zero-order valence-electron chi connectivity index (χ0n) is 13.0.